The van der Waals surface area contributed by atoms with Crippen LogP contribution in [0.5, 0.6) is 0 Å². The van der Waals surface area contributed by atoms with Gasteiger partial charge in [0, 0.05) is 13.2 Å². The molecular weight excluding hydrogens is 266 g/mol. The second-order valence-corrected chi connectivity index (χ2v) is 6.85. The van der Waals surface area contributed by atoms with E-state index in [1.807, 2.05) is 13.8 Å². The van der Waals surface area contributed by atoms with Crippen molar-refractivity contribution in [1.82, 2.24) is 0 Å². The number of primary sulfonamides is 1. The Morgan fingerprint density at radius 3 is 2.47 bits per heavy atom. The predicted molar refractivity (Wildman–Crippen MR) is 76.2 cm³/mol. The van der Waals surface area contributed by atoms with Crippen LogP contribution in [0, 0.1) is 5.41 Å². The van der Waals surface area contributed by atoms with Crippen molar-refractivity contribution in [3.8, 4) is 0 Å². The maximum Gasteiger partial charge on any atom is 0.238 e. The van der Waals surface area contributed by atoms with Gasteiger partial charge in [-0.05, 0) is 30.0 Å². The van der Waals surface area contributed by atoms with Gasteiger partial charge in [0.1, 0.15) is 0 Å². The van der Waals surface area contributed by atoms with Crippen LogP contribution < -0.4 is 16.2 Å². The molecule has 0 aliphatic carbocycles. The van der Waals surface area contributed by atoms with Crippen molar-refractivity contribution < 1.29 is 13.5 Å². The minimum atomic E-state index is -3.73. The van der Waals surface area contributed by atoms with E-state index in [0.29, 0.717) is 24.3 Å². The molecule has 6 N–H and O–H groups in total. The molecule has 0 atom stereocenters. The molecule has 0 bridgehead atoms. The number of benzene rings is 1. The lowest BCUT2D eigenvalue weighted by Crippen LogP contribution is -2.24. The molecule has 7 heteroatoms. The third kappa shape index (κ3) is 4.70. The van der Waals surface area contributed by atoms with Gasteiger partial charge in [0.15, 0.2) is 0 Å². The highest BCUT2D eigenvalue weighted by atomic mass is 32.2. The van der Waals surface area contributed by atoms with Crippen molar-refractivity contribution in [3.63, 3.8) is 0 Å². The van der Waals surface area contributed by atoms with Gasteiger partial charge in [-0.3, -0.25) is 0 Å². The molecule has 1 aromatic carbocycles. The zero-order valence-corrected chi connectivity index (χ0v) is 12.0. The summed E-state index contributed by atoms with van der Waals surface area (Å²) < 4.78 is 22.3. The summed E-state index contributed by atoms with van der Waals surface area (Å²) >= 11 is 0. The number of nitrogens with two attached hydrogens (primary N) is 2. The van der Waals surface area contributed by atoms with E-state index < -0.39 is 10.0 Å². The molecule has 1 aromatic rings. The van der Waals surface area contributed by atoms with Gasteiger partial charge >= 0.3 is 0 Å². The Kier molecular flexibility index (Phi) is 4.78. The van der Waals surface area contributed by atoms with Gasteiger partial charge in [0.25, 0.3) is 0 Å². The predicted octanol–water partition coefficient (Wildman–Crippen LogP) is 0.737. The van der Waals surface area contributed by atoms with Gasteiger partial charge < -0.3 is 16.2 Å². The highest BCUT2D eigenvalue weighted by Gasteiger charge is 2.17. The van der Waals surface area contributed by atoms with Gasteiger partial charge in [0.2, 0.25) is 10.0 Å². The van der Waals surface area contributed by atoms with Gasteiger partial charge in [-0.1, -0.05) is 13.8 Å². The van der Waals surface area contributed by atoms with Crippen LogP contribution in [-0.2, 0) is 10.0 Å². The first-order valence-corrected chi connectivity index (χ1v) is 7.47. The third-order valence-electron chi connectivity index (χ3n) is 2.90. The molecule has 0 spiro atoms. The summed E-state index contributed by atoms with van der Waals surface area (Å²) in [6.45, 7) is 4.78. The molecule has 0 amide bonds. The second-order valence-electron chi connectivity index (χ2n) is 5.29. The summed E-state index contributed by atoms with van der Waals surface area (Å²) in [5.41, 5.74) is 6.68. The van der Waals surface area contributed by atoms with Crippen molar-refractivity contribution in [3.05, 3.63) is 18.2 Å². The molecule has 0 saturated heterocycles. The summed E-state index contributed by atoms with van der Waals surface area (Å²) in [7, 11) is -3.73. The molecule has 0 fully saturated rings. The highest BCUT2D eigenvalue weighted by Crippen LogP contribution is 2.25. The third-order valence-corrected chi connectivity index (χ3v) is 3.81. The summed E-state index contributed by atoms with van der Waals surface area (Å²) in [4.78, 5) is -0.00910. The van der Waals surface area contributed by atoms with Crippen LogP contribution in [0.1, 0.15) is 20.3 Å². The fourth-order valence-electron chi connectivity index (χ4n) is 1.60. The summed E-state index contributed by atoms with van der Waals surface area (Å²) in [6, 6.07) is 4.33. The molecule has 0 saturated carbocycles. The fraction of sp³-hybridized carbons (Fsp3) is 0.500. The summed E-state index contributed by atoms with van der Waals surface area (Å²) in [6.07, 6.45) is 0.662. The number of nitrogens with one attached hydrogen (secondary N) is 1. The Balaban J connectivity index is 2.82. The lowest BCUT2D eigenvalue weighted by atomic mass is 9.89. The van der Waals surface area contributed by atoms with Crippen molar-refractivity contribution in [2.24, 2.45) is 10.6 Å². The zero-order chi connectivity index (χ0) is 14.7. The lowest BCUT2D eigenvalue weighted by molar-refractivity contribution is 0.220. The standard InChI is InChI=1S/C12H21N3O3S/c1-12(2,5-6-16)8-15-11-4-3-9(7-10(11)13)19(14,17)18/h3-4,7,15-16H,5-6,8,13H2,1-2H3,(H2,14,17,18). The smallest absolute Gasteiger partial charge is 0.238 e. The van der Waals surface area contributed by atoms with Crippen LogP contribution >= 0.6 is 0 Å². The molecule has 6 nitrogen and oxygen atoms in total. The van der Waals surface area contributed by atoms with E-state index in [1.54, 1.807) is 6.07 Å². The number of rotatable bonds is 6. The molecule has 0 aliphatic heterocycles. The monoisotopic (exact) mass is 287 g/mol. The molecule has 0 aliphatic rings. The largest absolute Gasteiger partial charge is 0.397 e. The number of nitrogen functional groups attached to an aromatic ring is 1. The van der Waals surface area contributed by atoms with Gasteiger partial charge in [-0.25, -0.2) is 13.6 Å². The minimum absolute atomic E-state index is 0.00910. The van der Waals surface area contributed by atoms with Crippen molar-refractivity contribution >= 4 is 21.4 Å². The Hall–Kier alpha value is -1.31. The van der Waals surface area contributed by atoms with Gasteiger partial charge in [-0.2, -0.15) is 0 Å². The minimum Gasteiger partial charge on any atom is -0.397 e. The average Bonchev–Trinajstić information content (AvgIpc) is 2.26. The average molecular weight is 287 g/mol. The maximum atomic E-state index is 11.2. The number of anilines is 2. The van der Waals surface area contributed by atoms with E-state index in [2.05, 4.69) is 5.32 Å². The number of aliphatic hydroxyl groups excluding tert-OH is 1. The number of hydrogen-bond acceptors (Lipinski definition) is 5. The summed E-state index contributed by atoms with van der Waals surface area (Å²) in [5, 5.41) is 17.1. The molecule has 0 unspecified atom stereocenters. The van der Waals surface area contributed by atoms with Crippen LogP contribution in [-0.4, -0.2) is 26.7 Å². The molecule has 1 rings (SSSR count). The van der Waals surface area contributed by atoms with Crippen LogP contribution in [0.15, 0.2) is 23.1 Å². The first-order chi connectivity index (χ1) is 8.65. The molecular formula is C12H21N3O3S. The Morgan fingerprint density at radius 1 is 1.37 bits per heavy atom. The van der Waals surface area contributed by atoms with Crippen LogP contribution in [0.2, 0.25) is 0 Å². The second kappa shape index (κ2) is 5.77. The first kappa shape index (κ1) is 15.7. The van der Waals surface area contributed by atoms with Gasteiger partial charge in [0.05, 0.1) is 16.3 Å². The Labute approximate surface area is 113 Å². The topological polar surface area (TPSA) is 118 Å². The van der Waals surface area contributed by atoms with E-state index >= 15 is 0 Å². The van der Waals surface area contributed by atoms with Crippen LogP contribution in [0.3, 0.4) is 0 Å². The maximum absolute atomic E-state index is 11.2. The molecule has 0 radical (unpaired) electrons. The van der Waals surface area contributed by atoms with Gasteiger partial charge in [-0.15, -0.1) is 0 Å². The quantitative estimate of drug-likeness (QED) is 0.575. The molecule has 0 heterocycles. The van der Waals surface area contributed by atoms with Crippen molar-refractivity contribution in [2.75, 3.05) is 24.2 Å². The van der Waals surface area contributed by atoms with Crippen molar-refractivity contribution in [1.29, 1.82) is 0 Å². The number of hydrogen-bond donors (Lipinski definition) is 4. The van der Waals surface area contributed by atoms with E-state index in [4.69, 9.17) is 16.0 Å². The Morgan fingerprint density at radius 2 is 2.00 bits per heavy atom. The van der Waals surface area contributed by atoms with E-state index in [0.717, 1.165) is 0 Å². The van der Waals surface area contributed by atoms with E-state index in [1.165, 1.54) is 12.1 Å². The Bertz CT molecular complexity index is 541. The van der Waals surface area contributed by atoms with Crippen LogP contribution in [0.4, 0.5) is 11.4 Å². The normalized spacial score (nSPS) is 12.4. The lowest BCUT2D eigenvalue weighted by Gasteiger charge is -2.25. The van der Waals surface area contributed by atoms with E-state index in [-0.39, 0.29) is 16.9 Å². The zero-order valence-electron chi connectivity index (χ0n) is 11.2. The summed E-state index contributed by atoms with van der Waals surface area (Å²) in [5.74, 6) is 0. The number of sulfonamides is 1. The van der Waals surface area contributed by atoms with E-state index in [9.17, 15) is 8.42 Å². The fourth-order valence-corrected chi connectivity index (χ4v) is 2.15. The van der Waals surface area contributed by atoms with Crippen molar-refractivity contribution in [2.45, 2.75) is 25.2 Å². The SMILES string of the molecule is CC(C)(CCO)CNc1ccc(S(N)(=O)=O)cc1N. The molecule has 0 aromatic heterocycles. The first-order valence-electron chi connectivity index (χ1n) is 5.93. The molecule has 19 heavy (non-hydrogen) atoms. The van der Waals surface area contributed by atoms with Crippen LogP contribution in [0.25, 0.3) is 0 Å². The number of aliphatic hydroxyl groups is 1. The molecule has 108 valence electrons. The highest BCUT2D eigenvalue weighted by molar-refractivity contribution is 7.89.